The number of phenols is 1. The van der Waals surface area contributed by atoms with Crippen LogP contribution in [-0.4, -0.2) is 24.9 Å². The Morgan fingerprint density at radius 1 is 1.22 bits per heavy atom. The highest BCUT2D eigenvalue weighted by atomic mass is 32.1. The summed E-state index contributed by atoms with van der Waals surface area (Å²) in [5.74, 6) is 0.188. The SMILES string of the molecule is Cc1nnc2sc(-c3ccc(O)cc3)nn2c1=O. The molecule has 0 fully saturated rings. The molecule has 3 rings (SSSR count). The van der Waals surface area contributed by atoms with Gasteiger partial charge in [-0.15, -0.1) is 10.2 Å². The molecule has 2 aromatic heterocycles. The second kappa shape index (κ2) is 3.88. The highest BCUT2D eigenvalue weighted by Crippen LogP contribution is 2.25. The van der Waals surface area contributed by atoms with E-state index in [-0.39, 0.29) is 11.3 Å². The zero-order valence-corrected chi connectivity index (χ0v) is 10.2. The van der Waals surface area contributed by atoms with Crippen molar-refractivity contribution in [2.45, 2.75) is 6.92 Å². The van der Waals surface area contributed by atoms with Gasteiger partial charge in [-0.3, -0.25) is 4.79 Å². The number of hydrogen-bond donors (Lipinski definition) is 1. The normalized spacial score (nSPS) is 10.9. The topological polar surface area (TPSA) is 80.4 Å². The van der Waals surface area contributed by atoms with Crippen LogP contribution in [0.25, 0.3) is 15.5 Å². The van der Waals surface area contributed by atoms with E-state index in [1.807, 2.05) is 0 Å². The lowest BCUT2D eigenvalue weighted by molar-refractivity contribution is 0.475. The first-order valence-electron chi connectivity index (χ1n) is 5.18. The molecule has 2 heterocycles. The molecule has 0 aliphatic heterocycles. The van der Waals surface area contributed by atoms with Crippen LogP contribution in [0.1, 0.15) is 5.69 Å². The van der Waals surface area contributed by atoms with Crippen molar-refractivity contribution in [1.29, 1.82) is 0 Å². The summed E-state index contributed by atoms with van der Waals surface area (Å²) in [6.07, 6.45) is 0. The fourth-order valence-corrected chi connectivity index (χ4v) is 2.35. The molecule has 0 atom stereocenters. The van der Waals surface area contributed by atoms with Crippen LogP contribution in [0.3, 0.4) is 0 Å². The van der Waals surface area contributed by atoms with Gasteiger partial charge in [-0.2, -0.15) is 9.61 Å². The van der Waals surface area contributed by atoms with E-state index in [1.54, 1.807) is 31.2 Å². The maximum atomic E-state index is 11.8. The lowest BCUT2D eigenvalue weighted by Crippen LogP contribution is -2.19. The molecule has 7 heteroatoms. The summed E-state index contributed by atoms with van der Waals surface area (Å²) in [6, 6.07) is 6.61. The summed E-state index contributed by atoms with van der Waals surface area (Å²) in [6.45, 7) is 1.60. The predicted molar refractivity (Wildman–Crippen MR) is 66.8 cm³/mol. The second-order valence-electron chi connectivity index (χ2n) is 3.74. The average Bonchev–Trinajstić information content (AvgIpc) is 2.80. The van der Waals surface area contributed by atoms with Crippen molar-refractivity contribution in [2.75, 3.05) is 0 Å². The molecule has 0 unspecified atom stereocenters. The molecule has 0 bridgehead atoms. The fraction of sp³-hybridized carbons (Fsp3) is 0.0909. The second-order valence-corrected chi connectivity index (χ2v) is 4.69. The highest BCUT2D eigenvalue weighted by Gasteiger charge is 2.10. The molecular formula is C11H8N4O2S. The summed E-state index contributed by atoms with van der Waals surface area (Å²) < 4.78 is 1.25. The smallest absolute Gasteiger partial charge is 0.296 e. The van der Waals surface area contributed by atoms with E-state index in [4.69, 9.17) is 0 Å². The molecule has 0 saturated heterocycles. The van der Waals surface area contributed by atoms with Crippen LogP contribution in [0.4, 0.5) is 0 Å². The summed E-state index contributed by atoms with van der Waals surface area (Å²) in [5.41, 5.74) is 0.872. The Morgan fingerprint density at radius 3 is 2.67 bits per heavy atom. The Kier molecular flexibility index (Phi) is 2.34. The fourth-order valence-electron chi connectivity index (χ4n) is 1.51. The van der Waals surface area contributed by atoms with E-state index in [0.29, 0.717) is 15.7 Å². The number of phenolic OH excluding ortho intramolecular Hbond substituents is 1. The van der Waals surface area contributed by atoms with Gasteiger partial charge in [0.25, 0.3) is 5.56 Å². The van der Waals surface area contributed by atoms with Crippen LogP contribution in [0.5, 0.6) is 5.75 Å². The number of aromatic nitrogens is 4. The number of aryl methyl sites for hydroxylation is 1. The van der Waals surface area contributed by atoms with Crippen LogP contribution < -0.4 is 5.56 Å². The van der Waals surface area contributed by atoms with E-state index in [1.165, 1.54) is 15.9 Å². The lowest BCUT2D eigenvalue weighted by Gasteiger charge is -1.94. The standard InChI is InChI=1S/C11H8N4O2S/c1-6-10(17)15-11(13-12-6)18-9(14-15)7-2-4-8(16)5-3-7/h2-5,16H,1H3. The van der Waals surface area contributed by atoms with Crippen molar-refractivity contribution >= 4 is 16.3 Å². The Labute approximate surface area is 105 Å². The molecule has 0 amide bonds. The molecule has 18 heavy (non-hydrogen) atoms. The third-order valence-electron chi connectivity index (χ3n) is 2.46. The van der Waals surface area contributed by atoms with E-state index >= 15 is 0 Å². The van der Waals surface area contributed by atoms with Gasteiger partial charge in [-0.05, 0) is 31.2 Å². The molecule has 6 nitrogen and oxygen atoms in total. The van der Waals surface area contributed by atoms with Crippen molar-refractivity contribution in [3.05, 3.63) is 40.3 Å². The molecule has 0 saturated carbocycles. The summed E-state index contributed by atoms with van der Waals surface area (Å²) in [4.78, 5) is 12.2. The molecule has 0 radical (unpaired) electrons. The molecule has 0 aliphatic rings. The monoisotopic (exact) mass is 260 g/mol. The predicted octanol–water partition coefficient (Wildman–Crippen LogP) is 1.23. The van der Waals surface area contributed by atoms with Gasteiger partial charge >= 0.3 is 0 Å². The van der Waals surface area contributed by atoms with E-state index in [9.17, 15) is 9.90 Å². The zero-order valence-electron chi connectivity index (χ0n) is 9.36. The molecule has 90 valence electrons. The Hall–Kier alpha value is -2.28. The maximum Gasteiger partial charge on any atom is 0.296 e. The third kappa shape index (κ3) is 1.65. The van der Waals surface area contributed by atoms with Gasteiger partial charge in [0.15, 0.2) is 0 Å². The van der Waals surface area contributed by atoms with Crippen LogP contribution >= 0.6 is 11.3 Å². The van der Waals surface area contributed by atoms with Crippen LogP contribution in [0.15, 0.2) is 29.1 Å². The van der Waals surface area contributed by atoms with Crippen molar-refractivity contribution in [1.82, 2.24) is 19.8 Å². The number of fused-ring (bicyclic) bond motifs is 1. The number of rotatable bonds is 1. The van der Waals surface area contributed by atoms with E-state index in [0.717, 1.165) is 5.56 Å². The van der Waals surface area contributed by atoms with Crippen LogP contribution in [0, 0.1) is 6.92 Å². The van der Waals surface area contributed by atoms with Gasteiger partial charge in [0.05, 0.1) is 0 Å². The minimum absolute atomic E-state index is 0.188. The Morgan fingerprint density at radius 2 is 1.94 bits per heavy atom. The summed E-state index contributed by atoms with van der Waals surface area (Å²) >= 11 is 1.28. The molecule has 3 aromatic rings. The zero-order chi connectivity index (χ0) is 12.7. The van der Waals surface area contributed by atoms with Crippen LogP contribution in [-0.2, 0) is 0 Å². The first kappa shape index (κ1) is 10.8. The van der Waals surface area contributed by atoms with Crippen LogP contribution in [0.2, 0.25) is 0 Å². The van der Waals surface area contributed by atoms with Crippen molar-refractivity contribution in [2.24, 2.45) is 0 Å². The molecular weight excluding hydrogens is 252 g/mol. The van der Waals surface area contributed by atoms with Crippen molar-refractivity contribution in [3.63, 3.8) is 0 Å². The third-order valence-corrected chi connectivity index (χ3v) is 3.41. The molecule has 1 N–H and O–H groups in total. The average molecular weight is 260 g/mol. The molecule has 1 aromatic carbocycles. The van der Waals surface area contributed by atoms with E-state index in [2.05, 4.69) is 15.3 Å². The maximum absolute atomic E-state index is 11.8. The number of hydrogen-bond acceptors (Lipinski definition) is 6. The minimum Gasteiger partial charge on any atom is -0.508 e. The molecule has 0 spiro atoms. The number of aromatic hydroxyl groups is 1. The van der Waals surface area contributed by atoms with Gasteiger partial charge < -0.3 is 5.11 Å². The Balaban J connectivity index is 2.22. The quantitative estimate of drug-likeness (QED) is 0.711. The largest absolute Gasteiger partial charge is 0.508 e. The van der Waals surface area contributed by atoms with Gasteiger partial charge in [-0.25, -0.2) is 0 Å². The summed E-state index contributed by atoms with van der Waals surface area (Å²) in [5, 5.41) is 21.8. The van der Waals surface area contributed by atoms with Crippen molar-refractivity contribution in [3.8, 4) is 16.3 Å². The summed E-state index contributed by atoms with van der Waals surface area (Å²) in [7, 11) is 0. The van der Waals surface area contributed by atoms with Gasteiger partial charge in [0, 0.05) is 5.56 Å². The first-order valence-corrected chi connectivity index (χ1v) is 5.99. The van der Waals surface area contributed by atoms with Gasteiger partial charge in [-0.1, -0.05) is 11.3 Å². The Bertz CT molecular complexity index is 776. The molecule has 0 aliphatic carbocycles. The number of nitrogens with zero attached hydrogens (tertiary/aromatic N) is 4. The lowest BCUT2D eigenvalue weighted by atomic mass is 10.2. The number of benzene rings is 1. The van der Waals surface area contributed by atoms with Gasteiger partial charge in [0.1, 0.15) is 16.5 Å². The van der Waals surface area contributed by atoms with Gasteiger partial charge in [0.2, 0.25) is 4.96 Å². The minimum atomic E-state index is -0.263. The van der Waals surface area contributed by atoms with Crippen molar-refractivity contribution < 1.29 is 5.11 Å². The first-order chi connectivity index (χ1) is 8.65. The van der Waals surface area contributed by atoms with E-state index < -0.39 is 0 Å². The highest BCUT2D eigenvalue weighted by molar-refractivity contribution is 7.19.